The third kappa shape index (κ3) is 3.85. The van der Waals surface area contributed by atoms with E-state index in [9.17, 15) is 18.3 Å². The highest BCUT2D eigenvalue weighted by atomic mass is 19.4. The van der Waals surface area contributed by atoms with Crippen molar-refractivity contribution in [2.45, 2.75) is 57.7 Å². The molecule has 4 unspecified atom stereocenters. The van der Waals surface area contributed by atoms with Gasteiger partial charge in [0.15, 0.2) is 0 Å². The van der Waals surface area contributed by atoms with Crippen LogP contribution in [0.3, 0.4) is 0 Å². The average Bonchev–Trinajstić information content (AvgIpc) is 2.34. The molecule has 108 valence electrons. The van der Waals surface area contributed by atoms with Crippen LogP contribution in [0.5, 0.6) is 0 Å². The third-order valence-electron chi connectivity index (χ3n) is 4.12. The van der Waals surface area contributed by atoms with Crippen molar-refractivity contribution in [3.63, 3.8) is 0 Å². The van der Waals surface area contributed by atoms with Crippen LogP contribution in [0.1, 0.15) is 45.4 Å². The molecule has 0 aromatic heterocycles. The minimum atomic E-state index is -4.20. The van der Waals surface area contributed by atoms with Gasteiger partial charge in [0.2, 0.25) is 0 Å². The number of hydrogen-bond acceptors (Lipinski definition) is 2. The summed E-state index contributed by atoms with van der Waals surface area (Å²) in [6.07, 6.45) is -1.59. The Morgan fingerprint density at radius 2 is 1.89 bits per heavy atom. The van der Waals surface area contributed by atoms with E-state index in [1.807, 2.05) is 6.92 Å². The topological polar surface area (TPSA) is 46.2 Å². The molecule has 1 fully saturated rings. The number of aliphatic hydroxyl groups excluding tert-OH is 1. The Morgan fingerprint density at radius 3 is 2.39 bits per heavy atom. The van der Waals surface area contributed by atoms with E-state index >= 15 is 0 Å². The molecular formula is C13H24F3NO. The first-order valence-electron chi connectivity index (χ1n) is 6.86. The molecular weight excluding hydrogens is 243 g/mol. The Kier molecular flexibility index (Phi) is 5.92. The maximum atomic E-state index is 13.0. The van der Waals surface area contributed by atoms with Gasteiger partial charge in [0.05, 0.1) is 12.0 Å². The van der Waals surface area contributed by atoms with E-state index in [-0.39, 0.29) is 18.9 Å². The molecule has 2 nitrogen and oxygen atoms in total. The predicted octanol–water partition coefficient (Wildman–Crippen LogP) is 3.09. The van der Waals surface area contributed by atoms with Crippen molar-refractivity contribution >= 4 is 0 Å². The monoisotopic (exact) mass is 267 g/mol. The summed E-state index contributed by atoms with van der Waals surface area (Å²) in [6.45, 7) is 2.22. The van der Waals surface area contributed by atoms with E-state index in [0.717, 1.165) is 12.8 Å². The lowest BCUT2D eigenvalue weighted by Crippen LogP contribution is -2.44. The van der Waals surface area contributed by atoms with Crippen molar-refractivity contribution in [1.29, 1.82) is 0 Å². The molecule has 0 radical (unpaired) electrons. The number of aliphatic hydroxyl groups is 1. The highest BCUT2D eigenvalue weighted by molar-refractivity contribution is 4.88. The highest BCUT2D eigenvalue weighted by Gasteiger charge is 2.48. The third-order valence-corrected chi connectivity index (χ3v) is 4.12. The zero-order chi connectivity index (χ0) is 13.8. The molecule has 1 rings (SSSR count). The van der Waals surface area contributed by atoms with Gasteiger partial charge in [-0.05, 0) is 37.6 Å². The molecule has 18 heavy (non-hydrogen) atoms. The van der Waals surface area contributed by atoms with Gasteiger partial charge in [0, 0.05) is 0 Å². The van der Waals surface area contributed by atoms with Crippen LogP contribution in [0.15, 0.2) is 0 Å². The molecule has 0 bridgehead atoms. The fraction of sp³-hybridized carbons (Fsp3) is 1.00. The minimum Gasteiger partial charge on any atom is -0.392 e. The molecule has 1 aliphatic carbocycles. The summed E-state index contributed by atoms with van der Waals surface area (Å²) in [4.78, 5) is 0. The van der Waals surface area contributed by atoms with Crippen molar-refractivity contribution in [2.24, 2.45) is 23.5 Å². The van der Waals surface area contributed by atoms with Gasteiger partial charge in [0.1, 0.15) is 0 Å². The molecule has 1 saturated carbocycles. The normalized spacial score (nSPS) is 29.0. The van der Waals surface area contributed by atoms with Gasteiger partial charge in [-0.1, -0.05) is 26.2 Å². The number of rotatable bonds is 5. The molecule has 5 heteroatoms. The van der Waals surface area contributed by atoms with E-state index in [1.165, 1.54) is 0 Å². The lowest BCUT2D eigenvalue weighted by Gasteiger charge is -2.38. The smallest absolute Gasteiger partial charge is 0.392 e. The van der Waals surface area contributed by atoms with Gasteiger partial charge in [-0.3, -0.25) is 0 Å². The maximum absolute atomic E-state index is 13.0. The lowest BCUT2D eigenvalue weighted by molar-refractivity contribution is -0.209. The molecule has 0 aromatic rings. The van der Waals surface area contributed by atoms with Gasteiger partial charge >= 0.3 is 6.18 Å². The summed E-state index contributed by atoms with van der Waals surface area (Å²) in [7, 11) is 0. The molecule has 3 N–H and O–H groups in total. The highest BCUT2D eigenvalue weighted by Crippen LogP contribution is 2.44. The number of alkyl halides is 3. The second kappa shape index (κ2) is 6.75. The fourth-order valence-electron chi connectivity index (χ4n) is 3.12. The Bertz CT molecular complexity index is 245. The largest absolute Gasteiger partial charge is 0.392 e. The van der Waals surface area contributed by atoms with Crippen molar-refractivity contribution < 1.29 is 18.3 Å². The Hall–Kier alpha value is -0.290. The Morgan fingerprint density at radius 1 is 1.28 bits per heavy atom. The van der Waals surface area contributed by atoms with Crippen LogP contribution < -0.4 is 5.73 Å². The zero-order valence-electron chi connectivity index (χ0n) is 10.9. The molecule has 0 amide bonds. The first kappa shape index (κ1) is 15.8. The van der Waals surface area contributed by atoms with Crippen LogP contribution in [0.25, 0.3) is 0 Å². The average molecular weight is 267 g/mol. The second-order valence-electron chi connectivity index (χ2n) is 5.37. The van der Waals surface area contributed by atoms with Gasteiger partial charge in [-0.25, -0.2) is 0 Å². The summed E-state index contributed by atoms with van der Waals surface area (Å²) < 4.78 is 38.9. The van der Waals surface area contributed by atoms with Crippen LogP contribution in [0.4, 0.5) is 13.2 Å². The van der Waals surface area contributed by atoms with E-state index in [4.69, 9.17) is 5.73 Å². The Labute approximate surface area is 107 Å². The minimum absolute atomic E-state index is 0.147. The maximum Gasteiger partial charge on any atom is 0.392 e. The van der Waals surface area contributed by atoms with Crippen LogP contribution in [0.2, 0.25) is 0 Å². The van der Waals surface area contributed by atoms with E-state index in [0.29, 0.717) is 19.3 Å². The molecule has 0 saturated heterocycles. The van der Waals surface area contributed by atoms with Gasteiger partial charge < -0.3 is 10.8 Å². The summed E-state index contributed by atoms with van der Waals surface area (Å²) in [5.41, 5.74) is 5.58. The van der Waals surface area contributed by atoms with Crippen molar-refractivity contribution in [3.05, 3.63) is 0 Å². The van der Waals surface area contributed by atoms with E-state index in [1.54, 1.807) is 0 Å². The van der Waals surface area contributed by atoms with Crippen molar-refractivity contribution in [3.8, 4) is 0 Å². The molecule has 1 aliphatic rings. The number of hydrogen-bond donors (Lipinski definition) is 2. The van der Waals surface area contributed by atoms with E-state index < -0.39 is 24.1 Å². The molecule has 0 aliphatic heterocycles. The standard InChI is InChI=1S/C13H24F3NO/c1-2-5-9(8-17)12(18)10-6-3-4-7-11(10)13(14,15)16/h9-12,18H,2-8,17H2,1H3. The summed E-state index contributed by atoms with van der Waals surface area (Å²) >= 11 is 0. The van der Waals surface area contributed by atoms with Gasteiger partial charge in [0.25, 0.3) is 0 Å². The Balaban J connectivity index is 2.76. The van der Waals surface area contributed by atoms with Crippen LogP contribution in [-0.2, 0) is 0 Å². The van der Waals surface area contributed by atoms with Gasteiger partial charge in [-0.15, -0.1) is 0 Å². The molecule has 0 aromatic carbocycles. The summed E-state index contributed by atoms with van der Waals surface area (Å²) in [5.74, 6) is -2.23. The van der Waals surface area contributed by atoms with Crippen LogP contribution >= 0.6 is 0 Å². The molecule has 0 spiro atoms. The first-order valence-corrected chi connectivity index (χ1v) is 6.86. The van der Waals surface area contributed by atoms with Crippen LogP contribution in [-0.4, -0.2) is 23.9 Å². The lowest BCUT2D eigenvalue weighted by atomic mass is 9.72. The van der Waals surface area contributed by atoms with Crippen molar-refractivity contribution in [1.82, 2.24) is 0 Å². The fourth-order valence-corrected chi connectivity index (χ4v) is 3.12. The number of halogens is 3. The predicted molar refractivity (Wildman–Crippen MR) is 65.0 cm³/mol. The summed E-state index contributed by atoms with van der Waals surface area (Å²) in [6, 6.07) is 0. The van der Waals surface area contributed by atoms with Crippen molar-refractivity contribution in [2.75, 3.05) is 6.54 Å². The zero-order valence-corrected chi connectivity index (χ0v) is 10.9. The second-order valence-corrected chi connectivity index (χ2v) is 5.37. The molecule has 0 heterocycles. The van der Waals surface area contributed by atoms with E-state index in [2.05, 4.69) is 0 Å². The summed E-state index contributed by atoms with van der Waals surface area (Å²) in [5, 5.41) is 10.2. The molecule has 4 atom stereocenters. The number of nitrogens with two attached hydrogens (primary N) is 1. The first-order chi connectivity index (χ1) is 8.41. The van der Waals surface area contributed by atoms with Gasteiger partial charge in [-0.2, -0.15) is 13.2 Å². The SMILES string of the molecule is CCCC(CN)C(O)C1CCCCC1C(F)(F)F. The van der Waals surface area contributed by atoms with Crippen LogP contribution in [0, 0.1) is 17.8 Å². The quantitative estimate of drug-likeness (QED) is 0.804.